The van der Waals surface area contributed by atoms with Crippen LogP contribution in [0.1, 0.15) is 32.4 Å². The van der Waals surface area contributed by atoms with Crippen molar-refractivity contribution in [3.8, 4) is 0 Å². The lowest BCUT2D eigenvalue weighted by Gasteiger charge is -2.31. The van der Waals surface area contributed by atoms with Gasteiger partial charge >= 0.3 is 0 Å². The zero-order valence-corrected chi connectivity index (χ0v) is 11.0. The molecule has 2 heterocycles. The van der Waals surface area contributed by atoms with Gasteiger partial charge < -0.3 is 9.47 Å². The number of hydrogen-bond acceptors (Lipinski definition) is 3. The Labute approximate surface area is 107 Å². The lowest BCUT2D eigenvalue weighted by atomic mass is 10.0. The van der Waals surface area contributed by atoms with Crippen molar-refractivity contribution in [2.75, 3.05) is 0 Å². The maximum absolute atomic E-state index is 5.90. The Balaban J connectivity index is 1.85. The first-order chi connectivity index (χ1) is 8.13. The van der Waals surface area contributed by atoms with Crippen LogP contribution in [0.25, 0.3) is 0 Å². The Morgan fingerprint density at radius 3 is 2.76 bits per heavy atom. The maximum atomic E-state index is 5.90. The first-order valence-corrected chi connectivity index (χ1v) is 6.39. The number of hydrogen-bond donors (Lipinski definition) is 0. The molecule has 2 unspecified atom stereocenters. The first kappa shape index (κ1) is 12.8. The lowest BCUT2D eigenvalue weighted by Crippen LogP contribution is -2.34. The van der Waals surface area contributed by atoms with Gasteiger partial charge in [-0.3, -0.25) is 4.98 Å². The summed E-state index contributed by atoms with van der Waals surface area (Å²) in [5.41, 5.74) is 0.879. The van der Waals surface area contributed by atoms with Gasteiger partial charge in [0.05, 0.1) is 30.6 Å². The van der Waals surface area contributed by atoms with Crippen LogP contribution in [0.15, 0.2) is 18.3 Å². The monoisotopic (exact) mass is 255 g/mol. The quantitative estimate of drug-likeness (QED) is 0.831. The molecule has 0 amide bonds. The van der Waals surface area contributed by atoms with Gasteiger partial charge in [0, 0.05) is 11.2 Å². The summed E-state index contributed by atoms with van der Waals surface area (Å²) in [6.07, 6.45) is 4.41. The van der Waals surface area contributed by atoms with E-state index < -0.39 is 0 Å². The number of halogens is 1. The second-order valence-electron chi connectivity index (χ2n) is 4.63. The van der Waals surface area contributed by atoms with Gasteiger partial charge in [-0.05, 0) is 38.8 Å². The van der Waals surface area contributed by atoms with Crippen molar-refractivity contribution in [2.24, 2.45) is 0 Å². The van der Waals surface area contributed by atoms with Gasteiger partial charge in [0.25, 0.3) is 0 Å². The Morgan fingerprint density at radius 2 is 2.12 bits per heavy atom. The number of pyridine rings is 1. The topological polar surface area (TPSA) is 31.4 Å². The number of nitrogens with zero attached hydrogens (tertiary/aromatic N) is 1. The van der Waals surface area contributed by atoms with E-state index in [1.54, 1.807) is 12.3 Å². The van der Waals surface area contributed by atoms with Crippen LogP contribution < -0.4 is 0 Å². The molecule has 1 aromatic rings. The van der Waals surface area contributed by atoms with Gasteiger partial charge in [-0.1, -0.05) is 11.6 Å². The summed E-state index contributed by atoms with van der Waals surface area (Å²) in [6, 6.07) is 3.61. The molecule has 1 aliphatic rings. The van der Waals surface area contributed by atoms with Crippen LogP contribution in [-0.4, -0.2) is 23.3 Å². The Hall–Kier alpha value is -0.640. The molecule has 2 rings (SSSR count). The zero-order chi connectivity index (χ0) is 12.3. The van der Waals surface area contributed by atoms with Crippen LogP contribution in [0.3, 0.4) is 0 Å². The number of rotatable bonds is 3. The molecule has 1 fully saturated rings. The van der Waals surface area contributed by atoms with Gasteiger partial charge in [-0.25, -0.2) is 0 Å². The summed E-state index contributed by atoms with van der Waals surface area (Å²) in [4.78, 5) is 4.22. The summed E-state index contributed by atoms with van der Waals surface area (Å²) >= 11 is 5.90. The van der Waals surface area contributed by atoms with Crippen LogP contribution in [-0.2, 0) is 16.1 Å². The number of ether oxygens (including phenoxy) is 2. The molecule has 3 nitrogen and oxygen atoms in total. The van der Waals surface area contributed by atoms with Gasteiger partial charge in [0.2, 0.25) is 0 Å². The highest BCUT2D eigenvalue weighted by atomic mass is 35.5. The molecule has 94 valence electrons. The molecule has 0 saturated carbocycles. The third-order valence-electron chi connectivity index (χ3n) is 2.90. The van der Waals surface area contributed by atoms with Crippen LogP contribution in [0.2, 0.25) is 5.02 Å². The molecular weight excluding hydrogens is 238 g/mol. The first-order valence-electron chi connectivity index (χ1n) is 6.01. The van der Waals surface area contributed by atoms with Crippen molar-refractivity contribution in [1.82, 2.24) is 4.98 Å². The average molecular weight is 256 g/mol. The second-order valence-corrected chi connectivity index (χ2v) is 5.06. The summed E-state index contributed by atoms with van der Waals surface area (Å²) in [5.74, 6) is 0. The van der Waals surface area contributed by atoms with Crippen LogP contribution in [0.5, 0.6) is 0 Å². The Bertz CT molecular complexity index is 362. The minimum Gasteiger partial charge on any atom is -0.375 e. The standard InChI is InChI=1S/C13H18ClNO2/c1-9-5-13(6-10(2)17-9)16-8-12-7-11(14)3-4-15-12/h3-4,7,9-10,13H,5-6,8H2,1-2H3. The predicted molar refractivity (Wildman–Crippen MR) is 67.1 cm³/mol. The fourth-order valence-corrected chi connectivity index (χ4v) is 2.39. The molecular formula is C13H18ClNO2. The molecule has 0 radical (unpaired) electrons. The van der Waals surface area contributed by atoms with Gasteiger partial charge in [0.1, 0.15) is 0 Å². The van der Waals surface area contributed by atoms with Crippen molar-refractivity contribution in [1.29, 1.82) is 0 Å². The fraction of sp³-hybridized carbons (Fsp3) is 0.615. The minimum absolute atomic E-state index is 0.259. The van der Waals surface area contributed by atoms with E-state index in [-0.39, 0.29) is 18.3 Å². The van der Waals surface area contributed by atoms with E-state index in [9.17, 15) is 0 Å². The summed E-state index contributed by atoms with van der Waals surface area (Å²) < 4.78 is 11.5. The maximum Gasteiger partial charge on any atom is 0.0892 e. The van der Waals surface area contributed by atoms with E-state index in [0.29, 0.717) is 11.6 Å². The highest BCUT2D eigenvalue weighted by Crippen LogP contribution is 2.22. The largest absolute Gasteiger partial charge is 0.375 e. The lowest BCUT2D eigenvalue weighted by molar-refractivity contribution is -0.106. The molecule has 0 N–H and O–H groups in total. The van der Waals surface area contributed by atoms with Crippen molar-refractivity contribution in [2.45, 2.75) is 51.6 Å². The smallest absolute Gasteiger partial charge is 0.0892 e. The SMILES string of the molecule is CC1CC(OCc2cc(Cl)ccn2)CC(C)O1. The molecule has 17 heavy (non-hydrogen) atoms. The van der Waals surface area contributed by atoms with Crippen molar-refractivity contribution >= 4 is 11.6 Å². The van der Waals surface area contributed by atoms with Crippen molar-refractivity contribution in [3.05, 3.63) is 29.0 Å². The molecule has 0 aromatic carbocycles. The molecule has 0 aliphatic carbocycles. The van der Waals surface area contributed by atoms with E-state index in [1.807, 2.05) is 6.07 Å². The highest BCUT2D eigenvalue weighted by Gasteiger charge is 2.24. The van der Waals surface area contributed by atoms with E-state index in [4.69, 9.17) is 21.1 Å². The molecule has 4 heteroatoms. The van der Waals surface area contributed by atoms with Gasteiger partial charge in [0.15, 0.2) is 0 Å². The van der Waals surface area contributed by atoms with Gasteiger partial charge in [-0.2, -0.15) is 0 Å². The molecule has 2 atom stereocenters. The molecule has 1 aliphatic heterocycles. The van der Waals surface area contributed by atoms with E-state index in [2.05, 4.69) is 18.8 Å². The third-order valence-corrected chi connectivity index (χ3v) is 3.13. The minimum atomic E-state index is 0.259. The second kappa shape index (κ2) is 5.80. The molecule has 1 saturated heterocycles. The molecule has 1 aromatic heterocycles. The van der Waals surface area contributed by atoms with Crippen LogP contribution in [0.4, 0.5) is 0 Å². The normalized spacial score (nSPS) is 29.2. The van der Waals surface area contributed by atoms with Crippen LogP contribution >= 0.6 is 11.6 Å². The molecule has 0 bridgehead atoms. The van der Waals surface area contributed by atoms with Crippen molar-refractivity contribution in [3.63, 3.8) is 0 Å². The average Bonchev–Trinajstić information content (AvgIpc) is 2.25. The summed E-state index contributed by atoms with van der Waals surface area (Å²) in [7, 11) is 0. The van der Waals surface area contributed by atoms with E-state index >= 15 is 0 Å². The zero-order valence-electron chi connectivity index (χ0n) is 10.2. The van der Waals surface area contributed by atoms with Crippen LogP contribution in [0, 0.1) is 0 Å². The predicted octanol–water partition coefficient (Wildman–Crippen LogP) is 3.21. The Morgan fingerprint density at radius 1 is 1.41 bits per heavy atom. The summed E-state index contributed by atoms with van der Waals surface area (Å²) in [6.45, 7) is 4.69. The van der Waals surface area contributed by atoms with E-state index in [1.165, 1.54) is 0 Å². The molecule has 0 spiro atoms. The van der Waals surface area contributed by atoms with E-state index in [0.717, 1.165) is 18.5 Å². The van der Waals surface area contributed by atoms with Crippen molar-refractivity contribution < 1.29 is 9.47 Å². The Kier molecular flexibility index (Phi) is 4.37. The van der Waals surface area contributed by atoms with Gasteiger partial charge in [-0.15, -0.1) is 0 Å². The fourth-order valence-electron chi connectivity index (χ4n) is 2.21. The summed E-state index contributed by atoms with van der Waals surface area (Å²) in [5, 5.41) is 0.701. The third kappa shape index (κ3) is 3.95. The number of aromatic nitrogens is 1. The highest BCUT2D eigenvalue weighted by molar-refractivity contribution is 6.30.